The second kappa shape index (κ2) is 8.31. The zero-order valence-electron chi connectivity index (χ0n) is 16.4. The lowest BCUT2D eigenvalue weighted by atomic mass is 10.1. The SMILES string of the molecule is Cc1ccc(-c2cc(C(=O)NCc3ccc(C(=O)N4CCCC4)cc3)on2)cc1. The number of hydrogen-bond donors (Lipinski definition) is 1. The van der Waals surface area contributed by atoms with Crippen molar-refractivity contribution in [1.82, 2.24) is 15.4 Å². The highest BCUT2D eigenvalue weighted by Crippen LogP contribution is 2.20. The lowest BCUT2D eigenvalue weighted by molar-refractivity contribution is 0.0792. The van der Waals surface area contributed by atoms with E-state index in [1.807, 2.05) is 60.4 Å². The van der Waals surface area contributed by atoms with Crippen molar-refractivity contribution in [3.05, 3.63) is 77.0 Å². The Labute approximate surface area is 169 Å². The van der Waals surface area contributed by atoms with Crippen LogP contribution in [0.4, 0.5) is 0 Å². The number of aryl methyl sites for hydroxylation is 1. The monoisotopic (exact) mass is 389 g/mol. The maximum atomic E-state index is 12.4. The number of rotatable bonds is 5. The predicted molar refractivity (Wildman–Crippen MR) is 109 cm³/mol. The van der Waals surface area contributed by atoms with E-state index < -0.39 is 0 Å². The number of likely N-dealkylation sites (tertiary alicyclic amines) is 1. The molecule has 1 aliphatic heterocycles. The molecule has 148 valence electrons. The number of nitrogens with zero attached hydrogens (tertiary/aromatic N) is 2. The molecule has 1 saturated heterocycles. The smallest absolute Gasteiger partial charge is 0.290 e. The van der Waals surface area contributed by atoms with E-state index in [9.17, 15) is 9.59 Å². The van der Waals surface area contributed by atoms with Gasteiger partial charge in [0.05, 0.1) is 0 Å². The fraction of sp³-hybridized carbons (Fsp3) is 0.261. The average molecular weight is 389 g/mol. The zero-order valence-corrected chi connectivity index (χ0v) is 16.4. The van der Waals surface area contributed by atoms with Gasteiger partial charge in [0, 0.05) is 36.8 Å². The Bertz CT molecular complexity index is 1000. The lowest BCUT2D eigenvalue weighted by Gasteiger charge is -2.15. The van der Waals surface area contributed by atoms with Gasteiger partial charge in [0.2, 0.25) is 5.76 Å². The standard InChI is InChI=1S/C23H23N3O3/c1-16-4-8-18(9-5-16)20-14-21(29-25-20)22(27)24-15-17-6-10-19(11-7-17)23(28)26-12-2-3-13-26/h4-11,14H,2-3,12-13,15H2,1H3,(H,24,27). The minimum absolute atomic E-state index is 0.0726. The van der Waals surface area contributed by atoms with E-state index in [1.165, 1.54) is 0 Å². The van der Waals surface area contributed by atoms with E-state index in [0.29, 0.717) is 17.8 Å². The summed E-state index contributed by atoms with van der Waals surface area (Å²) in [5.74, 6) is -0.0853. The van der Waals surface area contributed by atoms with Crippen LogP contribution in [0.3, 0.4) is 0 Å². The molecular weight excluding hydrogens is 366 g/mol. The lowest BCUT2D eigenvalue weighted by Crippen LogP contribution is -2.27. The molecule has 0 bridgehead atoms. The van der Waals surface area contributed by atoms with Crippen LogP contribution < -0.4 is 5.32 Å². The summed E-state index contributed by atoms with van der Waals surface area (Å²) in [5.41, 5.74) is 4.27. The summed E-state index contributed by atoms with van der Waals surface area (Å²) in [6, 6.07) is 16.9. The second-order valence-corrected chi connectivity index (χ2v) is 7.32. The molecule has 6 nitrogen and oxygen atoms in total. The van der Waals surface area contributed by atoms with E-state index >= 15 is 0 Å². The molecule has 1 aliphatic rings. The molecule has 29 heavy (non-hydrogen) atoms. The van der Waals surface area contributed by atoms with Gasteiger partial charge in [0.15, 0.2) is 0 Å². The molecule has 0 spiro atoms. The van der Waals surface area contributed by atoms with Crippen molar-refractivity contribution < 1.29 is 14.1 Å². The predicted octanol–water partition coefficient (Wildman–Crippen LogP) is 3.82. The van der Waals surface area contributed by atoms with Gasteiger partial charge in [-0.05, 0) is 37.5 Å². The first-order valence-corrected chi connectivity index (χ1v) is 9.80. The van der Waals surface area contributed by atoms with Gasteiger partial charge in [0.1, 0.15) is 5.69 Å². The Hall–Kier alpha value is -3.41. The minimum Gasteiger partial charge on any atom is -0.350 e. The Morgan fingerprint density at radius 3 is 2.41 bits per heavy atom. The number of carbonyl (C=O) groups excluding carboxylic acids is 2. The molecular formula is C23H23N3O3. The van der Waals surface area contributed by atoms with Crippen molar-refractivity contribution >= 4 is 11.8 Å². The van der Waals surface area contributed by atoms with Crippen molar-refractivity contribution in [1.29, 1.82) is 0 Å². The summed E-state index contributed by atoms with van der Waals surface area (Å²) < 4.78 is 5.19. The first-order valence-electron chi connectivity index (χ1n) is 9.80. The molecule has 0 aliphatic carbocycles. The van der Waals surface area contributed by atoms with Gasteiger partial charge >= 0.3 is 0 Å². The third-order valence-corrected chi connectivity index (χ3v) is 5.13. The number of hydrogen-bond acceptors (Lipinski definition) is 4. The van der Waals surface area contributed by atoms with E-state index in [4.69, 9.17) is 4.52 Å². The van der Waals surface area contributed by atoms with Crippen LogP contribution in [0.5, 0.6) is 0 Å². The van der Waals surface area contributed by atoms with Crippen molar-refractivity contribution in [3.8, 4) is 11.3 Å². The molecule has 1 aromatic heterocycles. The highest BCUT2D eigenvalue weighted by atomic mass is 16.5. The van der Waals surface area contributed by atoms with Gasteiger partial charge in [-0.3, -0.25) is 9.59 Å². The summed E-state index contributed by atoms with van der Waals surface area (Å²) in [4.78, 5) is 26.6. The van der Waals surface area contributed by atoms with Crippen LogP contribution in [0.25, 0.3) is 11.3 Å². The van der Waals surface area contributed by atoms with Gasteiger partial charge in [0.25, 0.3) is 11.8 Å². The van der Waals surface area contributed by atoms with Crippen molar-refractivity contribution in [2.24, 2.45) is 0 Å². The molecule has 0 unspecified atom stereocenters. The third kappa shape index (κ3) is 4.37. The molecule has 6 heteroatoms. The van der Waals surface area contributed by atoms with E-state index in [2.05, 4.69) is 10.5 Å². The number of nitrogens with one attached hydrogen (secondary N) is 1. The van der Waals surface area contributed by atoms with Crippen molar-refractivity contribution in [3.63, 3.8) is 0 Å². The highest BCUT2D eigenvalue weighted by molar-refractivity contribution is 5.94. The van der Waals surface area contributed by atoms with Gasteiger partial charge in [-0.15, -0.1) is 0 Å². The first-order chi connectivity index (χ1) is 14.1. The fourth-order valence-electron chi connectivity index (χ4n) is 3.38. The van der Waals surface area contributed by atoms with Gasteiger partial charge in [-0.25, -0.2) is 0 Å². The van der Waals surface area contributed by atoms with E-state index in [0.717, 1.165) is 42.6 Å². The molecule has 0 saturated carbocycles. The molecule has 4 rings (SSSR count). The summed E-state index contributed by atoms with van der Waals surface area (Å²) in [5, 5.41) is 6.81. The average Bonchev–Trinajstić information content (AvgIpc) is 3.45. The Morgan fingerprint density at radius 2 is 1.72 bits per heavy atom. The van der Waals surface area contributed by atoms with E-state index in [-0.39, 0.29) is 17.6 Å². The topological polar surface area (TPSA) is 75.4 Å². The molecule has 1 fully saturated rings. The normalized spacial score (nSPS) is 13.5. The van der Waals surface area contributed by atoms with Gasteiger partial charge in [-0.1, -0.05) is 47.1 Å². The zero-order chi connectivity index (χ0) is 20.2. The Morgan fingerprint density at radius 1 is 1.03 bits per heavy atom. The van der Waals surface area contributed by atoms with Crippen LogP contribution in [-0.2, 0) is 6.54 Å². The largest absolute Gasteiger partial charge is 0.350 e. The molecule has 1 N–H and O–H groups in total. The third-order valence-electron chi connectivity index (χ3n) is 5.13. The molecule has 0 atom stereocenters. The van der Waals surface area contributed by atoms with Crippen LogP contribution in [0, 0.1) is 6.92 Å². The molecule has 3 aromatic rings. The Balaban J connectivity index is 1.35. The van der Waals surface area contributed by atoms with Crippen LogP contribution >= 0.6 is 0 Å². The van der Waals surface area contributed by atoms with Crippen LogP contribution in [0.1, 0.15) is 44.9 Å². The van der Waals surface area contributed by atoms with Gasteiger partial charge < -0.3 is 14.7 Å². The molecule has 2 heterocycles. The quantitative estimate of drug-likeness (QED) is 0.720. The highest BCUT2D eigenvalue weighted by Gasteiger charge is 2.19. The molecule has 0 radical (unpaired) electrons. The number of carbonyl (C=O) groups is 2. The van der Waals surface area contributed by atoms with Crippen molar-refractivity contribution in [2.75, 3.05) is 13.1 Å². The maximum Gasteiger partial charge on any atom is 0.290 e. The second-order valence-electron chi connectivity index (χ2n) is 7.32. The summed E-state index contributed by atoms with van der Waals surface area (Å²) >= 11 is 0. The Kier molecular flexibility index (Phi) is 5.42. The number of amides is 2. The summed E-state index contributed by atoms with van der Waals surface area (Å²) in [6.07, 6.45) is 2.15. The van der Waals surface area contributed by atoms with Crippen molar-refractivity contribution in [2.45, 2.75) is 26.3 Å². The minimum atomic E-state index is -0.326. The van der Waals surface area contributed by atoms with Gasteiger partial charge in [-0.2, -0.15) is 0 Å². The molecule has 2 amide bonds. The molecule has 2 aromatic carbocycles. The number of aromatic nitrogens is 1. The summed E-state index contributed by atoms with van der Waals surface area (Å²) in [7, 11) is 0. The number of benzene rings is 2. The fourth-order valence-corrected chi connectivity index (χ4v) is 3.38. The summed E-state index contributed by atoms with van der Waals surface area (Å²) in [6.45, 7) is 4.02. The maximum absolute atomic E-state index is 12.4. The first kappa shape index (κ1) is 18.9. The van der Waals surface area contributed by atoms with Crippen LogP contribution in [0.15, 0.2) is 59.1 Å². The van der Waals surface area contributed by atoms with Crippen LogP contribution in [-0.4, -0.2) is 35.0 Å². The van der Waals surface area contributed by atoms with E-state index in [1.54, 1.807) is 6.07 Å². The van der Waals surface area contributed by atoms with Crippen LogP contribution in [0.2, 0.25) is 0 Å².